The quantitative estimate of drug-likeness (QED) is 0.634. The summed E-state index contributed by atoms with van der Waals surface area (Å²) in [5.41, 5.74) is 2.72. The fourth-order valence-corrected chi connectivity index (χ4v) is 3.29. The van der Waals surface area contributed by atoms with Crippen molar-refractivity contribution in [1.29, 1.82) is 0 Å². The zero-order chi connectivity index (χ0) is 12.2. The van der Waals surface area contributed by atoms with Crippen LogP contribution in [0.2, 0.25) is 5.02 Å². The number of halogens is 1. The standard InChI is InChI=1S/C13H9ClN2OS/c14-10-6-7-12-11(8-10)13(16(17-13)18-15-12)9-4-2-1-3-5-9/h1-8,15H. The van der Waals surface area contributed by atoms with Crippen molar-refractivity contribution in [3.8, 4) is 0 Å². The summed E-state index contributed by atoms with van der Waals surface area (Å²) in [4.78, 5) is 5.81. The van der Waals surface area contributed by atoms with E-state index in [-0.39, 0.29) is 0 Å². The fourth-order valence-electron chi connectivity index (χ4n) is 2.28. The lowest BCUT2D eigenvalue weighted by atomic mass is 9.96. The Balaban J connectivity index is 1.93. The number of fused-ring (bicyclic) bond motifs is 3. The summed E-state index contributed by atoms with van der Waals surface area (Å²) < 4.78 is 5.08. The zero-order valence-electron chi connectivity index (χ0n) is 9.26. The van der Waals surface area contributed by atoms with Crippen LogP contribution in [0.4, 0.5) is 5.69 Å². The van der Waals surface area contributed by atoms with Gasteiger partial charge >= 0.3 is 0 Å². The highest BCUT2D eigenvalue weighted by molar-refractivity contribution is 7.98. The Hall–Kier alpha value is -1.20. The van der Waals surface area contributed by atoms with Crippen molar-refractivity contribution >= 4 is 29.4 Å². The molecule has 0 aliphatic carbocycles. The highest BCUT2D eigenvalue weighted by atomic mass is 35.5. The fraction of sp³-hybridized carbons (Fsp3) is 0.0769. The molecule has 2 atom stereocenters. The minimum Gasteiger partial charge on any atom is -0.314 e. The Labute approximate surface area is 114 Å². The molecular weight excluding hydrogens is 268 g/mol. The molecule has 2 aromatic rings. The maximum Gasteiger partial charge on any atom is 0.231 e. The smallest absolute Gasteiger partial charge is 0.231 e. The summed E-state index contributed by atoms with van der Waals surface area (Å²) >= 11 is 7.55. The second-order valence-electron chi connectivity index (χ2n) is 4.24. The van der Waals surface area contributed by atoms with Gasteiger partial charge in [0.15, 0.2) is 0 Å². The first kappa shape index (κ1) is 10.7. The number of hydrogen-bond donors (Lipinski definition) is 1. The van der Waals surface area contributed by atoms with Gasteiger partial charge < -0.3 is 4.72 Å². The van der Waals surface area contributed by atoms with E-state index in [1.54, 1.807) is 0 Å². The molecule has 4 rings (SSSR count). The van der Waals surface area contributed by atoms with Crippen LogP contribution in [0.15, 0.2) is 48.5 Å². The number of hydrogen-bond acceptors (Lipinski definition) is 4. The summed E-state index contributed by atoms with van der Waals surface area (Å²) in [6, 6.07) is 16.0. The Kier molecular flexibility index (Phi) is 2.17. The molecular formula is C13H9ClN2OS. The van der Waals surface area contributed by atoms with Gasteiger partial charge in [0, 0.05) is 16.1 Å². The average Bonchev–Trinajstić information content (AvgIpc) is 3.16. The van der Waals surface area contributed by atoms with Crippen molar-refractivity contribution in [3.63, 3.8) is 0 Å². The first-order valence-corrected chi connectivity index (χ1v) is 6.74. The molecule has 0 spiro atoms. The number of rotatable bonds is 1. The lowest BCUT2D eigenvalue weighted by Crippen LogP contribution is -2.21. The van der Waals surface area contributed by atoms with Crippen LogP contribution in [-0.2, 0) is 10.6 Å². The summed E-state index contributed by atoms with van der Waals surface area (Å²) in [7, 11) is 0. The van der Waals surface area contributed by atoms with Crippen molar-refractivity contribution in [1.82, 2.24) is 4.47 Å². The monoisotopic (exact) mass is 276 g/mol. The molecule has 0 bridgehead atoms. The summed E-state index contributed by atoms with van der Waals surface area (Å²) in [5.74, 6) is 0. The molecule has 18 heavy (non-hydrogen) atoms. The summed E-state index contributed by atoms with van der Waals surface area (Å²) in [6.45, 7) is 0. The van der Waals surface area contributed by atoms with Crippen LogP contribution in [-0.4, -0.2) is 4.47 Å². The zero-order valence-corrected chi connectivity index (χ0v) is 10.8. The van der Waals surface area contributed by atoms with Crippen molar-refractivity contribution in [2.24, 2.45) is 0 Å². The molecule has 3 nitrogen and oxygen atoms in total. The van der Waals surface area contributed by atoms with Gasteiger partial charge in [0.1, 0.15) is 0 Å². The number of anilines is 1. The second kappa shape index (κ2) is 3.65. The molecule has 2 aliphatic heterocycles. The predicted octanol–water partition coefficient (Wildman–Crippen LogP) is 3.78. The molecule has 0 amide bonds. The van der Waals surface area contributed by atoms with E-state index in [2.05, 4.69) is 16.9 Å². The molecule has 2 heterocycles. The van der Waals surface area contributed by atoms with Crippen LogP contribution >= 0.6 is 23.7 Å². The summed E-state index contributed by atoms with van der Waals surface area (Å²) in [5, 5.41) is 0.716. The van der Waals surface area contributed by atoms with E-state index in [0.717, 1.165) is 16.8 Å². The van der Waals surface area contributed by atoms with Gasteiger partial charge in [0.05, 0.1) is 17.8 Å². The van der Waals surface area contributed by atoms with E-state index < -0.39 is 5.72 Å². The Morgan fingerprint density at radius 2 is 2.00 bits per heavy atom. The minimum atomic E-state index is -0.489. The molecule has 1 N–H and O–H groups in total. The molecule has 2 unspecified atom stereocenters. The molecule has 5 heteroatoms. The van der Waals surface area contributed by atoms with Gasteiger partial charge in [-0.05, 0) is 18.2 Å². The minimum absolute atomic E-state index is 0.489. The third-order valence-electron chi connectivity index (χ3n) is 3.19. The molecule has 90 valence electrons. The van der Waals surface area contributed by atoms with Gasteiger partial charge in [-0.1, -0.05) is 46.4 Å². The third-order valence-corrected chi connectivity index (χ3v) is 4.23. The Morgan fingerprint density at radius 1 is 1.17 bits per heavy atom. The van der Waals surface area contributed by atoms with E-state index in [1.807, 2.05) is 40.9 Å². The van der Waals surface area contributed by atoms with Crippen LogP contribution in [0, 0.1) is 0 Å². The van der Waals surface area contributed by atoms with E-state index >= 15 is 0 Å². The largest absolute Gasteiger partial charge is 0.314 e. The van der Waals surface area contributed by atoms with E-state index in [4.69, 9.17) is 16.4 Å². The number of benzene rings is 2. The van der Waals surface area contributed by atoms with Crippen LogP contribution in [0.1, 0.15) is 11.1 Å². The van der Waals surface area contributed by atoms with Gasteiger partial charge in [-0.25, -0.2) is 4.84 Å². The maximum atomic E-state index is 6.10. The van der Waals surface area contributed by atoms with Crippen LogP contribution in [0.25, 0.3) is 0 Å². The lowest BCUT2D eigenvalue weighted by Gasteiger charge is -2.21. The normalized spacial score (nSPS) is 27.9. The molecule has 0 radical (unpaired) electrons. The van der Waals surface area contributed by atoms with E-state index in [9.17, 15) is 0 Å². The summed E-state index contributed by atoms with van der Waals surface area (Å²) in [6.07, 6.45) is 0. The predicted molar refractivity (Wildman–Crippen MR) is 72.8 cm³/mol. The van der Waals surface area contributed by atoms with Gasteiger partial charge in [-0.3, -0.25) is 0 Å². The molecule has 0 saturated carbocycles. The van der Waals surface area contributed by atoms with Gasteiger partial charge in [0.2, 0.25) is 5.72 Å². The first-order valence-electron chi connectivity index (χ1n) is 5.58. The second-order valence-corrected chi connectivity index (χ2v) is 5.40. The average molecular weight is 277 g/mol. The molecule has 1 saturated heterocycles. The number of nitrogens with zero attached hydrogens (tertiary/aromatic N) is 1. The van der Waals surface area contributed by atoms with Crippen LogP contribution in [0.5, 0.6) is 0 Å². The first-order chi connectivity index (χ1) is 8.80. The SMILES string of the molecule is Clc1ccc2c(c1)C1(c3ccccc3)ON1SN2. The molecule has 1 fully saturated rings. The Morgan fingerprint density at radius 3 is 2.83 bits per heavy atom. The van der Waals surface area contributed by atoms with Crippen molar-refractivity contribution in [2.45, 2.75) is 5.72 Å². The number of hydroxylamine groups is 1. The van der Waals surface area contributed by atoms with Crippen LogP contribution in [0.3, 0.4) is 0 Å². The van der Waals surface area contributed by atoms with Crippen LogP contribution < -0.4 is 4.72 Å². The lowest BCUT2D eigenvalue weighted by molar-refractivity contribution is 0.281. The van der Waals surface area contributed by atoms with Crippen molar-refractivity contribution in [2.75, 3.05) is 4.72 Å². The molecule has 0 aromatic heterocycles. The van der Waals surface area contributed by atoms with E-state index in [1.165, 1.54) is 12.1 Å². The van der Waals surface area contributed by atoms with Crippen molar-refractivity contribution < 1.29 is 4.84 Å². The van der Waals surface area contributed by atoms with Gasteiger partial charge in [0.25, 0.3) is 0 Å². The number of nitrogens with one attached hydrogen (secondary N) is 1. The molecule has 2 aromatic carbocycles. The van der Waals surface area contributed by atoms with Gasteiger partial charge in [-0.15, -0.1) is 0 Å². The topological polar surface area (TPSA) is 27.6 Å². The highest BCUT2D eigenvalue weighted by Gasteiger charge is 2.62. The van der Waals surface area contributed by atoms with Crippen molar-refractivity contribution in [3.05, 3.63) is 64.7 Å². The Bertz CT molecular complexity index is 622. The molecule has 2 aliphatic rings. The van der Waals surface area contributed by atoms with E-state index in [0.29, 0.717) is 5.02 Å². The third kappa shape index (κ3) is 1.34. The van der Waals surface area contributed by atoms with Gasteiger partial charge in [-0.2, -0.15) is 0 Å². The highest BCUT2D eigenvalue weighted by Crippen LogP contribution is 2.59. The maximum absolute atomic E-state index is 6.10.